The predicted octanol–water partition coefficient (Wildman–Crippen LogP) is 6.94. The highest BCUT2D eigenvalue weighted by molar-refractivity contribution is 7.13. The average Bonchev–Trinajstić information content (AvgIpc) is 3.10. The number of para-hydroxylation sites is 1. The van der Waals surface area contributed by atoms with Crippen molar-refractivity contribution in [2.75, 3.05) is 0 Å². The molecule has 4 rings (SSSR count). The third-order valence-corrected chi connectivity index (χ3v) is 5.22. The monoisotopic (exact) mass is 355 g/mol. The number of fused-ring (bicyclic) bond motifs is 1. The molecule has 0 bridgehead atoms. The molecular weight excluding hydrogens is 345 g/mol. The Balaban J connectivity index is 2.08. The molecule has 1 nitrogen and oxygen atoms in total. The molecule has 0 amide bonds. The second-order valence-electron chi connectivity index (χ2n) is 5.15. The van der Waals surface area contributed by atoms with Gasteiger partial charge >= 0.3 is 0 Å². The lowest BCUT2D eigenvalue weighted by molar-refractivity contribution is 1.42. The van der Waals surface area contributed by atoms with Crippen LogP contribution in [0.2, 0.25) is 10.0 Å². The molecule has 0 aliphatic heterocycles. The Morgan fingerprint density at radius 3 is 2.35 bits per heavy atom. The van der Waals surface area contributed by atoms with E-state index in [4.69, 9.17) is 28.2 Å². The molecule has 0 aliphatic rings. The lowest BCUT2D eigenvalue weighted by Gasteiger charge is -2.13. The van der Waals surface area contributed by atoms with Crippen LogP contribution in [-0.4, -0.2) is 4.98 Å². The van der Waals surface area contributed by atoms with Crippen LogP contribution >= 0.6 is 34.5 Å². The zero-order chi connectivity index (χ0) is 15.8. The van der Waals surface area contributed by atoms with Crippen molar-refractivity contribution in [1.29, 1.82) is 0 Å². The maximum absolute atomic E-state index is 6.76. The van der Waals surface area contributed by atoms with Gasteiger partial charge in [-0.25, -0.2) is 4.98 Å². The molecule has 0 N–H and O–H groups in total. The first kappa shape index (κ1) is 14.7. The van der Waals surface area contributed by atoms with E-state index in [1.807, 2.05) is 60.0 Å². The topological polar surface area (TPSA) is 12.9 Å². The molecule has 112 valence electrons. The lowest BCUT2D eigenvalue weighted by Crippen LogP contribution is -1.91. The van der Waals surface area contributed by atoms with E-state index in [0.717, 1.165) is 32.6 Å². The highest BCUT2D eigenvalue weighted by atomic mass is 35.5. The fourth-order valence-electron chi connectivity index (χ4n) is 2.66. The number of aromatic nitrogens is 1. The molecule has 2 aromatic heterocycles. The molecule has 4 heteroatoms. The molecule has 4 aromatic rings. The molecular formula is C19H11Cl2NS. The maximum atomic E-state index is 6.76. The molecule has 0 saturated heterocycles. The Hall–Kier alpha value is -1.87. The van der Waals surface area contributed by atoms with Crippen LogP contribution in [0.25, 0.3) is 32.6 Å². The molecule has 0 spiro atoms. The number of hydrogen-bond donors (Lipinski definition) is 0. The fraction of sp³-hybridized carbons (Fsp3) is 0. The number of rotatable bonds is 2. The summed E-state index contributed by atoms with van der Waals surface area (Å²) in [5, 5.41) is 4.46. The van der Waals surface area contributed by atoms with Crippen LogP contribution in [0.4, 0.5) is 0 Å². The van der Waals surface area contributed by atoms with Crippen molar-refractivity contribution in [3.63, 3.8) is 0 Å². The van der Waals surface area contributed by atoms with E-state index in [1.165, 1.54) is 0 Å². The first-order valence-corrected chi connectivity index (χ1v) is 8.75. The molecule has 0 aliphatic carbocycles. The van der Waals surface area contributed by atoms with Gasteiger partial charge in [0.05, 0.1) is 15.4 Å². The van der Waals surface area contributed by atoms with Crippen molar-refractivity contribution < 1.29 is 0 Å². The van der Waals surface area contributed by atoms with Gasteiger partial charge in [-0.3, -0.25) is 0 Å². The van der Waals surface area contributed by atoms with Crippen LogP contribution in [0, 0.1) is 0 Å². The number of nitrogens with zero attached hydrogens (tertiary/aromatic N) is 1. The van der Waals surface area contributed by atoms with Crippen LogP contribution in [0.1, 0.15) is 0 Å². The summed E-state index contributed by atoms with van der Waals surface area (Å²) in [5.74, 6) is 0. The highest BCUT2D eigenvalue weighted by Gasteiger charge is 2.16. The van der Waals surface area contributed by atoms with Crippen molar-refractivity contribution in [3.05, 3.63) is 76.1 Å². The van der Waals surface area contributed by atoms with Crippen LogP contribution in [0.3, 0.4) is 0 Å². The van der Waals surface area contributed by atoms with Crippen molar-refractivity contribution >= 4 is 45.4 Å². The number of halogens is 2. The van der Waals surface area contributed by atoms with Crippen molar-refractivity contribution in [2.24, 2.45) is 0 Å². The summed E-state index contributed by atoms with van der Waals surface area (Å²) in [7, 11) is 0. The van der Waals surface area contributed by atoms with E-state index in [1.54, 1.807) is 11.3 Å². The van der Waals surface area contributed by atoms with E-state index >= 15 is 0 Å². The first-order chi connectivity index (χ1) is 11.2. The molecule has 0 saturated carbocycles. The van der Waals surface area contributed by atoms with Crippen LogP contribution in [-0.2, 0) is 0 Å². The van der Waals surface area contributed by atoms with E-state index in [9.17, 15) is 0 Å². The van der Waals surface area contributed by atoms with Gasteiger partial charge in [0.25, 0.3) is 0 Å². The van der Waals surface area contributed by atoms with Gasteiger partial charge in [0.1, 0.15) is 5.69 Å². The zero-order valence-corrected chi connectivity index (χ0v) is 14.3. The van der Waals surface area contributed by atoms with Crippen molar-refractivity contribution in [2.45, 2.75) is 0 Å². The molecule has 0 fully saturated rings. The molecule has 2 heterocycles. The third-order valence-electron chi connectivity index (χ3n) is 3.72. The van der Waals surface area contributed by atoms with E-state index < -0.39 is 0 Å². The van der Waals surface area contributed by atoms with Crippen LogP contribution in [0.5, 0.6) is 0 Å². The van der Waals surface area contributed by atoms with Crippen molar-refractivity contribution in [1.82, 2.24) is 4.98 Å². The van der Waals surface area contributed by atoms with Crippen molar-refractivity contribution in [3.8, 4) is 21.7 Å². The zero-order valence-electron chi connectivity index (χ0n) is 12.0. The van der Waals surface area contributed by atoms with Gasteiger partial charge in [0.2, 0.25) is 0 Å². The number of pyridine rings is 1. The highest BCUT2D eigenvalue weighted by Crippen LogP contribution is 2.41. The molecule has 23 heavy (non-hydrogen) atoms. The summed E-state index contributed by atoms with van der Waals surface area (Å²) >= 11 is 14.4. The van der Waals surface area contributed by atoms with Gasteiger partial charge in [-0.15, -0.1) is 11.3 Å². The summed E-state index contributed by atoms with van der Waals surface area (Å²) in [6, 6.07) is 19.9. The van der Waals surface area contributed by atoms with Gasteiger partial charge in [0.15, 0.2) is 0 Å². The van der Waals surface area contributed by atoms with Crippen LogP contribution < -0.4 is 0 Å². The minimum Gasteiger partial charge on any atom is -0.245 e. The molecule has 0 radical (unpaired) electrons. The minimum absolute atomic E-state index is 0.675. The number of hydrogen-bond acceptors (Lipinski definition) is 2. The molecule has 0 atom stereocenters. The van der Waals surface area contributed by atoms with Gasteiger partial charge in [-0.2, -0.15) is 0 Å². The second-order valence-corrected chi connectivity index (χ2v) is 6.91. The Morgan fingerprint density at radius 2 is 1.61 bits per heavy atom. The summed E-state index contributed by atoms with van der Waals surface area (Å²) in [6.07, 6.45) is 0. The van der Waals surface area contributed by atoms with Gasteiger partial charge in [-0.1, -0.05) is 59.6 Å². The summed E-state index contributed by atoms with van der Waals surface area (Å²) in [5.41, 5.74) is 3.80. The largest absolute Gasteiger partial charge is 0.245 e. The first-order valence-electron chi connectivity index (χ1n) is 7.12. The summed E-state index contributed by atoms with van der Waals surface area (Å²) in [6.45, 7) is 0. The fourth-order valence-corrected chi connectivity index (χ4v) is 3.92. The standard InChI is InChI=1S/C19H11Cl2NS/c20-13-9-7-12(8-10-13)17-14-4-1-2-5-15(14)22-19(18(17)21)16-6-3-11-23-16/h1-11H. The summed E-state index contributed by atoms with van der Waals surface area (Å²) < 4.78 is 0. The number of benzene rings is 2. The smallest absolute Gasteiger partial charge is 0.100 e. The lowest BCUT2D eigenvalue weighted by atomic mass is 9.99. The minimum atomic E-state index is 0.675. The van der Waals surface area contributed by atoms with Gasteiger partial charge in [0, 0.05) is 16.0 Å². The van der Waals surface area contributed by atoms with E-state index in [2.05, 4.69) is 6.07 Å². The summed E-state index contributed by atoms with van der Waals surface area (Å²) in [4.78, 5) is 5.84. The Labute approximate surface area is 148 Å². The van der Waals surface area contributed by atoms with E-state index in [0.29, 0.717) is 10.0 Å². The Kier molecular flexibility index (Phi) is 3.82. The van der Waals surface area contributed by atoms with Gasteiger partial charge in [-0.05, 0) is 35.2 Å². The Bertz CT molecular complexity index is 976. The molecule has 2 aromatic carbocycles. The van der Waals surface area contributed by atoms with Gasteiger partial charge < -0.3 is 0 Å². The maximum Gasteiger partial charge on any atom is 0.100 e. The molecule has 0 unspecified atom stereocenters. The normalized spacial score (nSPS) is 11.0. The third kappa shape index (κ3) is 2.63. The van der Waals surface area contributed by atoms with E-state index in [-0.39, 0.29) is 0 Å². The SMILES string of the molecule is Clc1ccc(-c2c(Cl)c(-c3cccs3)nc3ccccc23)cc1. The van der Waals surface area contributed by atoms with Crippen LogP contribution in [0.15, 0.2) is 66.0 Å². The Morgan fingerprint density at radius 1 is 0.826 bits per heavy atom. The predicted molar refractivity (Wildman–Crippen MR) is 101 cm³/mol. The number of thiophene rings is 1. The quantitative estimate of drug-likeness (QED) is 0.379. The second kappa shape index (κ2) is 5.97. The average molecular weight is 356 g/mol.